The lowest BCUT2D eigenvalue weighted by molar-refractivity contribution is 0.0959. The van der Waals surface area contributed by atoms with Gasteiger partial charge in [0.1, 0.15) is 0 Å². The number of pyridine rings is 1. The molecule has 0 fully saturated rings. The Labute approximate surface area is 131 Å². The highest BCUT2D eigenvalue weighted by molar-refractivity contribution is 6.06. The van der Waals surface area contributed by atoms with Crippen molar-refractivity contribution in [1.29, 1.82) is 0 Å². The van der Waals surface area contributed by atoms with Crippen molar-refractivity contribution >= 4 is 16.7 Å². The van der Waals surface area contributed by atoms with E-state index < -0.39 is 0 Å². The van der Waals surface area contributed by atoms with E-state index in [-0.39, 0.29) is 5.91 Å². The number of rotatable bonds is 5. The molecule has 1 aromatic carbocycles. The highest BCUT2D eigenvalue weighted by atomic mass is 16.1. The summed E-state index contributed by atoms with van der Waals surface area (Å²) in [6.45, 7) is 8.29. The van der Waals surface area contributed by atoms with Gasteiger partial charge >= 0.3 is 0 Å². The first-order valence-electron chi connectivity index (χ1n) is 7.22. The monoisotopic (exact) mass is 292 g/mol. The number of allylic oxidation sites excluding steroid dienone is 3. The van der Waals surface area contributed by atoms with Crippen LogP contribution in [-0.2, 0) is 0 Å². The Morgan fingerprint density at radius 3 is 2.91 bits per heavy atom. The molecule has 0 atom stereocenters. The molecule has 1 heterocycles. The number of carbonyl (C=O) groups is 1. The van der Waals surface area contributed by atoms with E-state index in [1.165, 1.54) is 0 Å². The van der Waals surface area contributed by atoms with Crippen LogP contribution in [0.15, 0.2) is 72.6 Å². The molecule has 0 radical (unpaired) electrons. The lowest BCUT2D eigenvalue weighted by Gasteiger charge is -2.10. The van der Waals surface area contributed by atoms with Crippen LogP contribution in [0.4, 0.5) is 0 Å². The van der Waals surface area contributed by atoms with Gasteiger partial charge in [0.05, 0.1) is 0 Å². The summed E-state index contributed by atoms with van der Waals surface area (Å²) in [6, 6.07) is 7.51. The molecule has 2 aromatic rings. The van der Waals surface area contributed by atoms with E-state index in [2.05, 4.69) is 16.9 Å². The predicted octanol–water partition coefficient (Wildman–Crippen LogP) is 4.04. The molecular weight excluding hydrogens is 272 g/mol. The van der Waals surface area contributed by atoms with Gasteiger partial charge in [-0.15, -0.1) is 0 Å². The molecule has 0 aliphatic carbocycles. The Morgan fingerprint density at radius 2 is 2.18 bits per heavy atom. The highest BCUT2D eigenvalue weighted by Gasteiger charge is 2.10. The summed E-state index contributed by atoms with van der Waals surface area (Å²) in [7, 11) is 0. The van der Waals surface area contributed by atoms with Gasteiger partial charge < -0.3 is 5.32 Å². The number of carbonyl (C=O) groups excluding carboxylic acids is 1. The summed E-state index contributed by atoms with van der Waals surface area (Å²) in [6.07, 6.45) is 9.32. The second-order valence-electron chi connectivity index (χ2n) is 5.08. The Morgan fingerprint density at radius 1 is 1.36 bits per heavy atom. The minimum Gasteiger partial charge on any atom is -0.348 e. The minimum atomic E-state index is -0.0931. The second-order valence-corrected chi connectivity index (χ2v) is 5.08. The molecule has 3 heteroatoms. The first-order valence-corrected chi connectivity index (χ1v) is 7.22. The van der Waals surface area contributed by atoms with Crippen LogP contribution in [0.25, 0.3) is 10.8 Å². The SMILES string of the molecule is C=C(C)/C(=C\C=C/C)CNC(=O)c1cccc2cnccc12. The third kappa shape index (κ3) is 3.70. The van der Waals surface area contributed by atoms with E-state index in [9.17, 15) is 4.79 Å². The molecule has 0 saturated heterocycles. The van der Waals surface area contributed by atoms with Crippen LogP contribution < -0.4 is 5.32 Å². The second kappa shape index (κ2) is 7.36. The average Bonchev–Trinajstić information content (AvgIpc) is 2.53. The zero-order valence-electron chi connectivity index (χ0n) is 13.0. The van der Waals surface area contributed by atoms with Crippen LogP contribution in [0, 0.1) is 0 Å². The lowest BCUT2D eigenvalue weighted by Crippen LogP contribution is -2.26. The van der Waals surface area contributed by atoms with Gasteiger partial charge in [0.15, 0.2) is 0 Å². The zero-order valence-corrected chi connectivity index (χ0v) is 13.0. The molecule has 0 saturated carbocycles. The fourth-order valence-electron chi connectivity index (χ4n) is 2.16. The van der Waals surface area contributed by atoms with Crippen molar-refractivity contribution in [3.8, 4) is 0 Å². The number of nitrogens with zero attached hydrogens (tertiary/aromatic N) is 1. The van der Waals surface area contributed by atoms with Crippen LogP contribution in [0.1, 0.15) is 24.2 Å². The van der Waals surface area contributed by atoms with Crippen molar-refractivity contribution in [2.24, 2.45) is 0 Å². The fraction of sp³-hybridized carbons (Fsp3) is 0.158. The zero-order chi connectivity index (χ0) is 15.9. The molecule has 0 unspecified atom stereocenters. The third-order valence-corrected chi connectivity index (χ3v) is 3.40. The normalized spacial score (nSPS) is 11.8. The maximum absolute atomic E-state index is 12.5. The topological polar surface area (TPSA) is 42.0 Å². The molecule has 112 valence electrons. The van der Waals surface area contributed by atoms with Gasteiger partial charge in [-0.05, 0) is 36.9 Å². The van der Waals surface area contributed by atoms with Crippen LogP contribution >= 0.6 is 0 Å². The van der Waals surface area contributed by atoms with Crippen molar-refractivity contribution < 1.29 is 4.79 Å². The van der Waals surface area contributed by atoms with Gasteiger partial charge in [-0.25, -0.2) is 0 Å². The molecule has 0 aliphatic rings. The Hall–Kier alpha value is -2.68. The summed E-state index contributed by atoms with van der Waals surface area (Å²) in [5, 5.41) is 4.82. The number of aromatic nitrogens is 1. The first kappa shape index (κ1) is 15.7. The lowest BCUT2D eigenvalue weighted by atomic mass is 10.1. The Bertz CT molecular complexity index is 752. The molecule has 22 heavy (non-hydrogen) atoms. The van der Waals surface area contributed by atoms with E-state index >= 15 is 0 Å². The number of hydrogen-bond donors (Lipinski definition) is 1. The number of nitrogens with one attached hydrogen (secondary N) is 1. The maximum Gasteiger partial charge on any atom is 0.252 e. The van der Waals surface area contributed by atoms with Gasteiger partial charge in [0.25, 0.3) is 5.91 Å². The Kier molecular flexibility index (Phi) is 5.26. The minimum absolute atomic E-state index is 0.0931. The summed E-state index contributed by atoms with van der Waals surface area (Å²) in [4.78, 5) is 16.5. The highest BCUT2D eigenvalue weighted by Crippen LogP contribution is 2.17. The van der Waals surface area contributed by atoms with Crippen LogP contribution in [0.2, 0.25) is 0 Å². The largest absolute Gasteiger partial charge is 0.348 e. The quantitative estimate of drug-likeness (QED) is 0.845. The summed E-state index contributed by atoms with van der Waals surface area (Å²) >= 11 is 0. The number of fused-ring (bicyclic) bond motifs is 1. The van der Waals surface area contributed by atoms with Crippen LogP contribution in [0.3, 0.4) is 0 Å². The smallest absolute Gasteiger partial charge is 0.252 e. The van der Waals surface area contributed by atoms with Crippen molar-refractivity contribution in [3.05, 3.63) is 78.2 Å². The molecule has 1 N–H and O–H groups in total. The predicted molar refractivity (Wildman–Crippen MR) is 91.8 cm³/mol. The van der Waals surface area contributed by atoms with Crippen molar-refractivity contribution in [1.82, 2.24) is 10.3 Å². The van der Waals surface area contributed by atoms with Crippen LogP contribution in [0.5, 0.6) is 0 Å². The van der Waals surface area contributed by atoms with E-state index in [0.29, 0.717) is 12.1 Å². The molecule has 0 bridgehead atoms. The summed E-state index contributed by atoms with van der Waals surface area (Å²) < 4.78 is 0. The van der Waals surface area contributed by atoms with E-state index in [0.717, 1.165) is 21.9 Å². The summed E-state index contributed by atoms with van der Waals surface area (Å²) in [5.41, 5.74) is 2.61. The number of amides is 1. The molecule has 1 amide bonds. The number of benzene rings is 1. The van der Waals surface area contributed by atoms with Gasteiger partial charge in [-0.3, -0.25) is 9.78 Å². The molecule has 1 aromatic heterocycles. The van der Waals surface area contributed by atoms with E-state index in [1.54, 1.807) is 12.4 Å². The molecule has 0 spiro atoms. The van der Waals surface area contributed by atoms with E-state index in [4.69, 9.17) is 0 Å². The van der Waals surface area contributed by atoms with Crippen molar-refractivity contribution in [2.45, 2.75) is 13.8 Å². The van der Waals surface area contributed by atoms with Crippen molar-refractivity contribution in [2.75, 3.05) is 6.54 Å². The number of hydrogen-bond acceptors (Lipinski definition) is 2. The maximum atomic E-state index is 12.5. The molecule has 2 rings (SSSR count). The van der Waals surface area contributed by atoms with Crippen molar-refractivity contribution in [3.63, 3.8) is 0 Å². The molecular formula is C19H20N2O. The molecule has 0 aliphatic heterocycles. The first-order chi connectivity index (χ1) is 10.6. The fourth-order valence-corrected chi connectivity index (χ4v) is 2.16. The van der Waals surface area contributed by atoms with Gasteiger partial charge in [-0.1, -0.05) is 42.5 Å². The van der Waals surface area contributed by atoms with Gasteiger partial charge in [-0.2, -0.15) is 0 Å². The third-order valence-electron chi connectivity index (χ3n) is 3.40. The van der Waals surface area contributed by atoms with Gasteiger partial charge in [0.2, 0.25) is 0 Å². The average molecular weight is 292 g/mol. The van der Waals surface area contributed by atoms with E-state index in [1.807, 2.05) is 56.3 Å². The Balaban J connectivity index is 2.19. The standard InChI is InChI=1S/C19H20N2O/c1-4-5-7-15(14(2)3)13-21-19(22)18-9-6-8-16-12-20-11-10-17(16)18/h4-12H,2,13H2,1,3H3,(H,21,22)/b5-4-,15-7-. The van der Waals surface area contributed by atoms with Crippen LogP contribution in [-0.4, -0.2) is 17.4 Å². The summed E-state index contributed by atoms with van der Waals surface area (Å²) in [5.74, 6) is -0.0931. The molecule has 3 nitrogen and oxygen atoms in total. The van der Waals surface area contributed by atoms with Gasteiger partial charge in [0, 0.05) is 29.9 Å².